The predicted octanol–water partition coefficient (Wildman–Crippen LogP) is 4.10. The molecule has 1 amide bonds. The van der Waals surface area contributed by atoms with Gasteiger partial charge in [-0.3, -0.25) is 9.59 Å². The highest BCUT2D eigenvalue weighted by molar-refractivity contribution is 5.96. The monoisotopic (exact) mass is 490 g/mol. The summed E-state index contributed by atoms with van der Waals surface area (Å²) in [5.41, 5.74) is 1.29. The number of carbonyl (C=O) groups excluding carboxylic acids is 2. The molecule has 4 rings (SSSR count). The smallest absolute Gasteiger partial charge is 0.340 e. The summed E-state index contributed by atoms with van der Waals surface area (Å²) in [6.07, 6.45) is 11.9. The molecule has 7 heteroatoms. The first-order valence-corrected chi connectivity index (χ1v) is 12.7. The number of likely N-dealkylation sites (tertiary alicyclic amines) is 1. The van der Waals surface area contributed by atoms with Crippen molar-refractivity contribution in [3.8, 4) is 11.1 Å². The Morgan fingerprint density at radius 2 is 1.86 bits per heavy atom. The lowest BCUT2D eigenvalue weighted by Crippen LogP contribution is -2.49. The summed E-state index contributed by atoms with van der Waals surface area (Å²) in [6.45, 7) is 2.87. The van der Waals surface area contributed by atoms with Crippen molar-refractivity contribution in [2.45, 2.75) is 57.6 Å². The van der Waals surface area contributed by atoms with E-state index in [0.29, 0.717) is 37.9 Å². The fraction of sp³-hybridized carbons (Fsp3) is 0.414. The summed E-state index contributed by atoms with van der Waals surface area (Å²) >= 11 is 0. The van der Waals surface area contributed by atoms with Gasteiger partial charge in [-0.05, 0) is 44.6 Å². The SMILES string of the molecule is CCOC(=O)c1cn(CC2(O)CCN(C(=O)CCC3=CCCC=C3)CC2)c(=O)cc1-c1ccccc1. The molecule has 1 aliphatic heterocycles. The molecule has 0 unspecified atom stereocenters. The van der Waals surface area contributed by atoms with E-state index < -0.39 is 11.6 Å². The van der Waals surface area contributed by atoms with Gasteiger partial charge in [0.15, 0.2) is 0 Å². The second-order valence-corrected chi connectivity index (χ2v) is 9.52. The fourth-order valence-electron chi connectivity index (χ4n) is 4.83. The first-order valence-electron chi connectivity index (χ1n) is 12.7. The van der Waals surface area contributed by atoms with E-state index in [-0.39, 0.29) is 30.2 Å². The maximum atomic E-state index is 13.0. The Morgan fingerprint density at radius 3 is 2.53 bits per heavy atom. The van der Waals surface area contributed by atoms with Crippen LogP contribution in [-0.2, 0) is 16.1 Å². The Kier molecular flexibility index (Phi) is 8.21. The molecule has 7 nitrogen and oxygen atoms in total. The lowest BCUT2D eigenvalue weighted by atomic mass is 9.90. The molecule has 1 fully saturated rings. The van der Waals surface area contributed by atoms with Crippen molar-refractivity contribution in [2.24, 2.45) is 0 Å². The van der Waals surface area contributed by atoms with Crippen molar-refractivity contribution in [2.75, 3.05) is 19.7 Å². The normalized spacial score (nSPS) is 16.9. The Balaban J connectivity index is 1.45. The minimum absolute atomic E-state index is 0.0486. The molecule has 1 aliphatic carbocycles. The van der Waals surface area contributed by atoms with Crippen LogP contribution in [0.2, 0.25) is 0 Å². The van der Waals surface area contributed by atoms with E-state index in [1.54, 1.807) is 11.8 Å². The lowest BCUT2D eigenvalue weighted by Gasteiger charge is -2.38. The Hall–Kier alpha value is -3.45. The number of ether oxygens (including phenoxy) is 1. The number of esters is 1. The number of rotatable bonds is 8. The van der Waals surface area contributed by atoms with E-state index in [2.05, 4.69) is 18.2 Å². The number of hydrogen-bond donors (Lipinski definition) is 1. The molecular formula is C29H34N2O5. The highest BCUT2D eigenvalue weighted by Crippen LogP contribution is 2.27. The van der Waals surface area contributed by atoms with Gasteiger partial charge in [0, 0.05) is 37.3 Å². The zero-order valence-corrected chi connectivity index (χ0v) is 20.8. The number of allylic oxidation sites excluding steroid dienone is 4. The van der Waals surface area contributed by atoms with Gasteiger partial charge in [0.25, 0.3) is 5.56 Å². The van der Waals surface area contributed by atoms with Gasteiger partial charge in [-0.25, -0.2) is 4.79 Å². The largest absolute Gasteiger partial charge is 0.462 e. The predicted molar refractivity (Wildman–Crippen MR) is 139 cm³/mol. The second-order valence-electron chi connectivity index (χ2n) is 9.52. The topological polar surface area (TPSA) is 88.8 Å². The van der Waals surface area contributed by atoms with Gasteiger partial charge in [-0.1, -0.05) is 54.1 Å². The van der Waals surface area contributed by atoms with Crippen LogP contribution in [0.4, 0.5) is 0 Å². The second kappa shape index (κ2) is 11.5. The maximum Gasteiger partial charge on any atom is 0.340 e. The molecule has 1 aromatic carbocycles. The van der Waals surface area contributed by atoms with Crippen LogP contribution in [-0.4, -0.2) is 51.7 Å². The Labute approximate surface area is 211 Å². The Bertz CT molecular complexity index is 1200. The van der Waals surface area contributed by atoms with Crippen LogP contribution in [0, 0.1) is 0 Å². The molecule has 190 valence electrons. The zero-order valence-electron chi connectivity index (χ0n) is 20.8. The third-order valence-corrected chi connectivity index (χ3v) is 6.92. The van der Waals surface area contributed by atoms with E-state index in [1.165, 1.54) is 22.4 Å². The van der Waals surface area contributed by atoms with Crippen LogP contribution in [0.1, 0.15) is 55.8 Å². The van der Waals surface area contributed by atoms with Crippen molar-refractivity contribution in [3.63, 3.8) is 0 Å². The highest BCUT2D eigenvalue weighted by Gasteiger charge is 2.35. The maximum absolute atomic E-state index is 13.0. The van der Waals surface area contributed by atoms with E-state index in [9.17, 15) is 19.5 Å². The van der Waals surface area contributed by atoms with Gasteiger partial charge in [0.1, 0.15) is 0 Å². The zero-order chi connectivity index (χ0) is 25.5. The molecule has 1 N–H and O–H groups in total. The number of pyridine rings is 1. The van der Waals surface area contributed by atoms with Gasteiger partial charge in [-0.15, -0.1) is 0 Å². The molecular weight excluding hydrogens is 456 g/mol. The molecule has 1 aromatic heterocycles. The number of nitrogens with zero attached hydrogens (tertiary/aromatic N) is 2. The molecule has 0 saturated carbocycles. The summed E-state index contributed by atoms with van der Waals surface area (Å²) in [5, 5.41) is 11.3. The summed E-state index contributed by atoms with van der Waals surface area (Å²) in [5.74, 6) is -0.425. The number of aromatic nitrogens is 1. The molecule has 2 heterocycles. The molecule has 0 spiro atoms. The molecule has 0 bridgehead atoms. The van der Waals surface area contributed by atoms with Crippen molar-refractivity contribution < 1.29 is 19.4 Å². The average Bonchev–Trinajstić information content (AvgIpc) is 2.90. The van der Waals surface area contributed by atoms with Crippen LogP contribution in [0.25, 0.3) is 11.1 Å². The van der Waals surface area contributed by atoms with Crippen LogP contribution in [0.15, 0.2) is 71.2 Å². The molecule has 36 heavy (non-hydrogen) atoms. The third-order valence-electron chi connectivity index (χ3n) is 6.92. The van der Waals surface area contributed by atoms with Gasteiger partial charge in [-0.2, -0.15) is 0 Å². The third kappa shape index (κ3) is 6.21. The fourth-order valence-corrected chi connectivity index (χ4v) is 4.83. The van der Waals surface area contributed by atoms with E-state index >= 15 is 0 Å². The Morgan fingerprint density at radius 1 is 1.11 bits per heavy atom. The lowest BCUT2D eigenvalue weighted by molar-refractivity contribution is -0.135. The van der Waals surface area contributed by atoms with Crippen LogP contribution < -0.4 is 5.56 Å². The van der Waals surface area contributed by atoms with Crippen molar-refractivity contribution in [1.82, 2.24) is 9.47 Å². The molecule has 2 aromatic rings. The van der Waals surface area contributed by atoms with Crippen molar-refractivity contribution in [3.05, 3.63) is 82.3 Å². The quantitative estimate of drug-likeness (QED) is 0.563. The van der Waals surface area contributed by atoms with Crippen molar-refractivity contribution in [1.29, 1.82) is 0 Å². The van der Waals surface area contributed by atoms with Crippen LogP contribution >= 0.6 is 0 Å². The molecule has 0 radical (unpaired) electrons. The number of piperidine rings is 1. The summed E-state index contributed by atoms with van der Waals surface area (Å²) in [7, 11) is 0. The number of amides is 1. The van der Waals surface area contributed by atoms with E-state index in [1.807, 2.05) is 30.3 Å². The first kappa shape index (κ1) is 25.6. The van der Waals surface area contributed by atoms with Crippen LogP contribution in [0.3, 0.4) is 0 Å². The average molecular weight is 491 g/mol. The van der Waals surface area contributed by atoms with E-state index in [4.69, 9.17) is 4.74 Å². The van der Waals surface area contributed by atoms with Crippen LogP contribution in [0.5, 0.6) is 0 Å². The first-order chi connectivity index (χ1) is 17.4. The minimum atomic E-state index is -1.14. The molecule has 1 saturated heterocycles. The molecule has 0 atom stereocenters. The van der Waals surface area contributed by atoms with Gasteiger partial charge < -0.3 is 19.3 Å². The molecule has 2 aliphatic rings. The van der Waals surface area contributed by atoms with Gasteiger partial charge in [0.2, 0.25) is 5.91 Å². The highest BCUT2D eigenvalue weighted by atomic mass is 16.5. The number of hydrogen-bond acceptors (Lipinski definition) is 5. The summed E-state index contributed by atoms with van der Waals surface area (Å²) < 4.78 is 6.63. The van der Waals surface area contributed by atoms with Crippen molar-refractivity contribution >= 4 is 11.9 Å². The minimum Gasteiger partial charge on any atom is -0.462 e. The number of aliphatic hydroxyl groups is 1. The summed E-state index contributed by atoms with van der Waals surface area (Å²) in [4.78, 5) is 40.2. The van der Waals surface area contributed by atoms with Gasteiger partial charge in [0.05, 0.1) is 24.3 Å². The van der Waals surface area contributed by atoms with E-state index in [0.717, 1.165) is 24.8 Å². The standard InChI is InChI=1S/C29H34N2O5/c1-2-36-28(34)25-20-31(27(33)19-24(25)23-11-7-4-8-12-23)21-29(35)15-17-30(18-16-29)26(32)14-13-22-9-5-3-6-10-22/h4-5,7-12,19-20,35H,2-3,6,13-18,21H2,1H3. The number of benzene rings is 1. The summed E-state index contributed by atoms with van der Waals surface area (Å²) in [6, 6.07) is 10.7. The van der Waals surface area contributed by atoms with Gasteiger partial charge >= 0.3 is 5.97 Å². The number of carbonyl (C=O) groups is 2.